The number of carbonyl (C=O) groups is 1. The highest BCUT2D eigenvalue weighted by Gasteiger charge is 2.25. The van der Waals surface area contributed by atoms with Crippen LogP contribution in [0.15, 0.2) is 30.0 Å². The molecule has 1 unspecified atom stereocenters. The van der Waals surface area contributed by atoms with E-state index in [1.165, 1.54) is 43.5 Å². The van der Waals surface area contributed by atoms with Gasteiger partial charge in [0.15, 0.2) is 0 Å². The summed E-state index contributed by atoms with van der Waals surface area (Å²) in [5.41, 5.74) is 8.31. The number of carbonyl (C=O) groups excluding carboxylic acids is 1. The number of rotatable bonds is 8. The van der Waals surface area contributed by atoms with Crippen LogP contribution in [0.2, 0.25) is 0 Å². The second-order valence-corrected chi connectivity index (χ2v) is 9.02. The van der Waals surface area contributed by atoms with Gasteiger partial charge in [0.05, 0.1) is 17.5 Å². The van der Waals surface area contributed by atoms with Crippen LogP contribution in [-0.2, 0) is 4.74 Å². The summed E-state index contributed by atoms with van der Waals surface area (Å²) in [6, 6.07) is 7.73. The largest absolute Gasteiger partial charge is 0.490 e. The topological polar surface area (TPSA) is 94.0 Å². The van der Waals surface area contributed by atoms with Crippen LogP contribution in [0.5, 0.6) is 5.75 Å². The van der Waals surface area contributed by atoms with Gasteiger partial charge in [0.25, 0.3) is 0 Å². The van der Waals surface area contributed by atoms with Crippen LogP contribution in [0.25, 0.3) is 5.70 Å². The minimum atomic E-state index is -0.579. The SMILES string of the molecule is CC(OC(=O)N(C)CC1CCC1)/C(=C(/N)c1ccc(OC2CCCCC2)cc1)N(C)N. The molecule has 2 aliphatic carbocycles. The van der Waals surface area contributed by atoms with Crippen LogP contribution < -0.4 is 16.3 Å². The van der Waals surface area contributed by atoms with Crippen molar-refractivity contribution in [3.05, 3.63) is 35.5 Å². The lowest BCUT2D eigenvalue weighted by molar-refractivity contribution is 0.0715. The van der Waals surface area contributed by atoms with E-state index in [9.17, 15) is 4.79 Å². The first-order valence-corrected chi connectivity index (χ1v) is 11.5. The molecular formula is C24H38N4O3. The molecule has 7 heteroatoms. The van der Waals surface area contributed by atoms with E-state index >= 15 is 0 Å². The van der Waals surface area contributed by atoms with Gasteiger partial charge in [0.1, 0.15) is 11.9 Å². The third-order valence-corrected chi connectivity index (χ3v) is 6.41. The zero-order valence-electron chi connectivity index (χ0n) is 19.2. The van der Waals surface area contributed by atoms with E-state index < -0.39 is 6.10 Å². The number of ether oxygens (including phenoxy) is 2. The smallest absolute Gasteiger partial charge is 0.410 e. The molecule has 0 aliphatic heterocycles. The summed E-state index contributed by atoms with van der Waals surface area (Å²) < 4.78 is 11.8. The van der Waals surface area contributed by atoms with Crippen molar-refractivity contribution in [3.8, 4) is 5.75 Å². The van der Waals surface area contributed by atoms with Crippen molar-refractivity contribution in [2.75, 3.05) is 20.6 Å². The molecule has 31 heavy (non-hydrogen) atoms. The molecule has 3 rings (SSSR count). The molecule has 1 aromatic carbocycles. The number of amides is 1. The van der Waals surface area contributed by atoms with E-state index in [0.717, 1.165) is 30.7 Å². The summed E-state index contributed by atoms with van der Waals surface area (Å²) in [7, 11) is 3.47. The molecule has 7 nitrogen and oxygen atoms in total. The molecule has 0 spiro atoms. The van der Waals surface area contributed by atoms with Crippen LogP contribution >= 0.6 is 0 Å². The quantitative estimate of drug-likeness (QED) is 0.477. The second kappa shape index (κ2) is 10.8. The molecule has 0 heterocycles. The summed E-state index contributed by atoms with van der Waals surface area (Å²) in [5, 5.41) is 1.42. The van der Waals surface area contributed by atoms with Gasteiger partial charge in [0, 0.05) is 20.6 Å². The number of hydrogen-bond acceptors (Lipinski definition) is 6. The Labute approximate surface area is 186 Å². The molecule has 1 atom stereocenters. The maximum absolute atomic E-state index is 12.5. The minimum Gasteiger partial charge on any atom is -0.490 e. The third kappa shape index (κ3) is 6.29. The van der Waals surface area contributed by atoms with E-state index in [-0.39, 0.29) is 6.09 Å². The molecule has 2 saturated carbocycles. The highest BCUT2D eigenvalue weighted by Crippen LogP contribution is 2.28. The number of likely N-dealkylation sites (N-methyl/N-ethyl adjacent to an activating group) is 1. The third-order valence-electron chi connectivity index (χ3n) is 6.41. The van der Waals surface area contributed by atoms with E-state index in [0.29, 0.717) is 23.4 Å². The van der Waals surface area contributed by atoms with Crippen molar-refractivity contribution in [1.29, 1.82) is 0 Å². The van der Waals surface area contributed by atoms with Crippen LogP contribution in [0, 0.1) is 5.92 Å². The molecule has 0 saturated heterocycles. The van der Waals surface area contributed by atoms with E-state index in [4.69, 9.17) is 21.1 Å². The Morgan fingerprint density at radius 3 is 2.26 bits per heavy atom. The van der Waals surface area contributed by atoms with Crippen molar-refractivity contribution in [2.24, 2.45) is 17.5 Å². The van der Waals surface area contributed by atoms with E-state index in [1.807, 2.05) is 24.3 Å². The number of hydrogen-bond donors (Lipinski definition) is 2. The van der Waals surface area contributed by atoms with Crippen molar-refractivity contribution < 1.29 is 14.3 Å². The van der Waals surface area contributed by atoms with E-state index in [1.54, 1.807) is 25.9 Å². The maximum Gasteiger partial charge on any atom is 0.410 e. The molecule has 2 aliphatic rings. The summed E-state index contributed by atoms with van der Waals surface area (Å²) in [6.45, 7) is 2.52. The standard InChI is InChI=1S/C24H38N4O3/c1-17(30-24(29)27(2)16-18-8-7-9-18)23(28(3)26)22(25)19-12-14-21(15-13-19)31-20-10-5-4-6-11-20/h12-15,17-18,20H,4-11,16,25-26H2,1-3H3/b23-22-. The Balaban J connectivity index is 1.65. The predicted octanol–water partition coefficient (Wildman–Crippen LogP) is 4.09. The van der Waals surface area contributed by atoms with Crippen LogP contribution in [0.4, 0.5) is 4.79 Å². The highest BCUT2D eigenvalue weighted by atomic mass is 16.6. The number of benzene rings is 1. The molecule has 0 bridgehead atoms. The predicted molar refractivity (Wildman–Crippen MR) is 123 cm³/mol. The van der Waals surface area contributed by atoms with Gasteiger partial charge in [-0.15, -0.1) is 0 Å². The zero-order chi connectivity index (χ0) is 22.4. The van der Waals surface area contributed by atoms with Crippen LogP contribution in [0.3, 0.4) is 0 Å². The molecule has 4 N–H and O–H groups in total. The summed E-state index contributed by atoms with van der Waals surface area (Å²) in [6.07, 6.45) is 8.96. The fraction of sp³-hybridized carbons (Fsp3) is 0.625. The minimum absolute atomic E-state index is 0.301. The van der Waals surface area contributed by atoms with Gasteiger partial charge in [-0.2, -0.15) is 0 Å². The number of nitrogens with zero attached hydrogens (tertiary/aromatic N) is 2. The number of nitrogens with two attached hydrogens (primary N) is 2. The van der Waals surface area contributed by atoms with Gasteiger partial charge in [0.2, 0.25) is 0 Å². The summed E-state index contributed by atoms with van der Waals surface area (Å²) in [4.78, 5) is 14.2. The first-order chi connectivity index (χ1) is 14.8. The Morgan fingerprint density at radius 1 is 1.06 bits per heavy atom. The molecular weight excluding hydrogens is 392 g/mol. The van der Waals surface area contributed by atoms with Gasteiger partial charge in [-0.1, -0.05) is 12.8 Å². The fourth-order valence-electron chi connectivity index (χ4n) is 4.37. The maximum atomic E-state index is 12.5. The van der Waals surface area contributed by atoms with Gasteiger partial charge >= 0.3 is 6.09 Å². The first kappa shape index (κ1) is 23.3. The summed E-state index contributed by atoms with van der Waals surface area (Å²) in [5.74, 6) is 7.49. The average molecular weight is 431 g/mol. The Hall–Kier alpha value is -2.41. The lowest BCUT2D eigenvalue weighted by Crippen LogP contribution is -2.40. The van der Waals surface area contributed by atoms with Crippen LogP contribution in [-0.4, -0.2) is 48.9 Å². The Morgan fingerprint density at radius 2 is 1.71 bits per heavy atom. The summed E-state index contributed by atoms with van der Waals surface area (Å²) >= 11 is 0. The molecule has 1 aromatic rings. The zero-order valence-corrected chi connectivity index (χ0v) is 19.2. The average Bonchev–Trinajstić information content (AvgIpc) is 2.71. The van der Waals surface area contributed by atoms with Crippen molar-refractivity contribution in [3.63, 3.8) is 0 Å². The fourth-order valence-corrected chi connectivity index (χ4v) is 4.37. The first-order valence-electron chi connectivity index (χ1n) is 11.5. The van der Waals surface area contributed by atoms with Crippen LogP contribution in [0.1, 0.15) is 63.9 Å². The van der Waals surface area contributed by atoms with Gasteiger partial charge in [-0.05, 0) is 81.2 Å². The van der Waals surface area contributed by atoms with Crippen molar-refractivity contribution >= 4 is 11.8 Å². The Kier molecular flexibility index (Phi) is 8.07. The van der Waals surface area contributed by atoms with Crippen molar-refractivity contribution in [2.45, 2.75) is 70.5 Å². The normalized spacial score (nSPS) is 19.1. The number of hydrazine groups is 1. The molecule has 0 aromatic heterocycles. The molecule has 0 radical (unpaired) electrons. The van der Waals surface area contributed by atoms with Gasteiger partial charge < -0.3 is 25.1 Å². The van der Waals surface area contributed by atoms with Gasteiger partial charge in [-0.25, -0.2) is 10.6 Å². The lowest BCUT2D eigenvalue weighted by atomic mass is 9.85. The highest BCUT2D eigenvalue weighted by molar-refractivity contribution is 5.70. The van der Waals surface area contributed by atoms with E-state index in [2.05, 4.69) is 0 Å². The molecule has 2 fully saturated rings. The monoisotopic (exact) mass is 430 g/mol. The van der Waals surface area contributed by atoms with Gasteiger partial charge in [-0.3, -0.25) is 0 Å². The van der Waals surface area contributed by atoms with Crippen molar-refractivity contribution in [1.82, 2.24) is 9.91 Å². The second-order valence-electron chi connectivity index (χ2n) is 9.02. The lowest BCUT2D eigenvalue weighted by Gasteiger charge is -2.31. The molecule has 1 amide bonds. The Bertz CT molecular complexity index is 753. The molecule has 172 valence electrons.